The molecule has 0 aliphatic carbocycles. The van der Waals surface area contributed by atoms with Gasteiger partial charge >= 0.3 is 0 Å². The van der Waals surface area contributed by atoms with Crippen LogP contribution in [0.15, 0.2) is 54.6 Å². The number of nitrogens with zero attached hydrogens (tertiary/aromatic N) is 1. The number of amides is 1. The maximum atomic E-state index is 13.1. The minimum atomic E-state index is -1.67. The SMILES string of the molecule is O=C(N[C@@H]([NH+]1CCN(c2ccccc2)CC1)C(Cl)(Cl)Cl)c1ccc(F)cc1. The molecule has 2 N–H and O–H groups in total. The number of hydrogen-bond donors (Lipinski definition) is 2. The second-order valence-corrected chi connectivity index (χ2v) is 8.80. The number of hydrogen-bond acceptors (Lipinski definition) is 2. The minimum Gasteiger partial charge on any atom is -0.360 e. The number of para-hydroxylation sites is 1. The van der Waals surface area contributed by atoms with Crippen LogP contribution in [0.1, 0.15) is 10.4 Å². The number of halogens is 4. The fourth-order valence-electron chi connectivity index (χ4n) is 3.21. The molecule has 2 aromatic carbocycles. The normalized spacial score (nSPS) is 16.8. The molecule has 27 heavy (non-hydrogen) atoms. The highest BCUT2D eigenvalue weighted by Gasteiger charge is 2.43. The van der Waals surface area contributed by atoms with Crippen LogP contribution in [0.5, 0.6) is 0 Å². The van der Waals surface area contributed by atoms with Gasteiger partial charge in [0.05, 0.1) is 26.2 Å². The van der Waals surface area contributed by atoms with Crippen LogP contribution in [-0.4, -0.2) is 42.0 Å². The Morgan fingerprint density at radius 1 is 1.04 bits per heavy atom. The predicted molar refractivity (Wildman–Crippen MR) is 107 cm³/mol. The number of piperazine rings is 1. The van der Waals surface area contributed by atoms with Crippen molar-refractivity contribution in [2.75, 3.05) is 31.1 Å². The molecule has 0 aromatic heterocycles. The molecule has 1 saturated heterocycles. The largest absolute Gasteiger partial charge is 0.360 e. The lowest BCUT2D eigenvalue weighted by molar-refractivity contribution is -0.927. The van der Waals surface area contributed by atoms with E-state index in [0.29, 0.717) is 18.7 Å². The summed E-state index contributed by atoms with van der Waals surface area (Å²) in [7, 11) is 0. The minimum absolute atomic E-state index is 0.318. The summed E-state index contributed by atoms with van der Waals surface area (Å²) in [6.45, 7) is 2.97. The van der Waals surface area contributed by atoms with E-state index < -0.39 is 21.7 Å². The first-order valence-corrected chi connectivity index (χ1v) is 9.76. The Morgan fingerprint density at radius 2 is 1.63 bits per heavy atom. The molecule has 1 heterocycles. The molecule has 1 amide bonds. The molecule has 3 rings (SSSR count). The summed E-state index contributed by atoms with van der Waals surface area (Å²) in [4.78, 5) is 15.8. The van der Waals surface area contributed by atoms with E-state index in [4.69, 9.17) is 34.8 Å². The van der Waals surface area contributed by atoms with Crippen molar-refractivity contribution in [2.45, 2.75) is 9.96 Å². The molecule has 2 aromatic rings. The van der Waals surface area contributed by atoms with Gasteiger partial charge < -0.3 is 9.80 Å². The van der Waals surface area contributed by atoms with E-state index in [1.807, 2.05) is 18.2 Å². The van der Waals surface area contributed by atoms with E-state index in [0.717, 1.165) is 23.7 Å². The summed E-state index contributed by atoms with van der Waals surface area (Å²) in [6.07, 6.45) is -0.710. The van der Waals surface area contributed by atoms with Crippen LogP contribution in [0, 0.1) is 5.82 Å². The Kier molecular flexibility index (Phi) is 6.48. The molecule has 4 nitrogen and oxygen atoms in total. The van der Waals surface area contributed by atoms with Gasteiger partial charge in [-0.25, -0.2) is 4.39 Å². The summed E-state index contributed by atoms with van der Waals surface area (Å²) >= 11 is 18.5. The fourth-order valence-corrected chi connectivity index (χ4v) is 3.84. The molecule has 0 saturated carbocycles. The Hall–Kier alpha value is -1.53. The zero-order valence-electron chi connectivity index (χ0n) is 14.5. The van der Waals surface area contributed by atoms with Gasteiger partial charge in [0.2, 0.25) is 6.17 Å². The van der Waals surface area contributed by atoms with Gasteiger partial charge in [-0.15, -0.1) is 0 Å². The van der Waals surface area contributed by atoms with Crippen molar-refractivity contribution in [3.05, 3.63) is 66.0 Å². The van der Waals surface area contributed by atoms with Crippen molar-refractivity contribution in [3.8, 4) is 0 Å². The monoisotopic (exact) mass is 430 g/mol. The topological polar surface area (TPSA) is 36.8 Å². The Labute approximate surface area is 172 Å². The summed E-state index contributed by atoms with van der Waals surface area (Å²) in [6, 6.07) is 15.4. The average Bonchev–Trinajstić information content (AvgIpc) is 2.66. The molecular formula is C19H20Cl3FN3O+. The van der Waals surface area contributed by atoms with Gasteiger partial charge in [0.15, 0.2) is 0 Å². The van der Waals surface area contributed by atoms with E-state index in [9.17, 15) is 9.18 Å². The number of carbonyl (C=O) groups excluding carboxylic acids is 1. The zero-order valence-corrected chi connectivity index (χ0v) is 16.7. The van der Waals surface area contributed by atoms with Crippen LogP contribution in [0.4, 0.5) is 10.1 Å². The molecular weight excluding hydrogens is 412 g/mol. The number of rotatable bonds is 4. The van der Waals surface area contributed by atoms with Gasteiger partial charge in [-0.3, -0.25) is 10.1 Å². The van der Waals surface area contributed by atoms with Gasteiger partial charge in [0.1, 0.15) is 5.82 Å². The Morgan fingerprint density at radius 3 is 2.19 bits per heavy atom. The fraction of sp³-hybridized carbons (Fsp3) is 0.316. The third-order valence-electron chi connectivity index (χ3n) is 4.64. The van der Waals surface area contributed by atoms with Gasteiger partial charge in [0.25, 0.3) is 9.70 Å². The first-order chi connectivity index (χ1) is 12.8. The second kappa shape index (κ2) is 8.65. The molecule has 1 atom stereocenters. The van der Waals surface area contributed by atoms with Crippen molar-refractivity contribution in [2.24, 2.45) is 0 Å². The average molecular weight is 432 g/mol. The van der Waals surface area contributed by atoms with E-state index in [-0.39, 0.29) is 0 Å². The maximum Gasteiger partial charge on any atom is 0.262 e. The van der Waals surface area contributed by atoms with E-state index in [1.54, 1.807) is 0 Å². The number of carbonyl (C=O) groups is 1. The lowest BCUT2D eigenvalue weighted by Crippen LogP contribution is -3.21. The van der Waals surface area contributed by atoms with Crippen LogP contribution in [-0.2, 0) is 0 Å². The first-order valence-electron chi connectivity index (χ1n) is 8.62. The summed E-state index contributed by atoms with van der Waals surface area (Å²) in [5.74, 6) is -0.809. The van der Waals surface area contributed by atoms with Crippen LogP contribution >= 0.6 is 34.8 Å². The van der Waals surface area contributed by atoms with E-state index in [2.05, 4.69) is 22.3 Å². The third-order valence-corrected chi connectivity index (χ3v) is 5.30. The highest BCUT2D eigenvalue weighted by molar-refractivity contribution is 6.68. The van der Waals surface area contributed by atoms with Crippen molar-refractivity contribution in [3.63, 3.8) is 0 Å². The van der Waals surface area contributed by atoms with Gasteiger partial charge in [-0.05, 0) is 36.4 Å². The number of alkyl halides is 3. The lowest BCUT2D eigenvalue weighted by atomic mass is 10.2. The van der Waals surface area contributed by atoms with Gasteiger partial charge in [-0.2, -0.15) is 0 Å². The lowest BCUT2D eigenvalue weighted by Gasteiger charge is -2.39. The predicted octanol–water partition coefficient (Wildman–Crippen LogP) is 2.66. The highest BCUT2D eigenvalue weighted by atomic mass is 35.6. The maximum absolute atomic E-state index is 13.1. The molecule has 1 aliphatic heterocycles. The van der Waals surface area contributed by atoms with Crippen molar-refractivity contribution in [1.82, 2.24) is 5.32 Å². The molecule has 0 radical (unpaired) electrons. The Balaban J connectivity index is 1.67. The summed E-state index contributed by atoms with van der Waals surface area (Å²) in [5.41, 5.74) is 1.47. The van der Waals surface area contributed by atoms with Crippen molar-refractivity contribution >= 4 is 46.4 Å². The van der Waals surface area contributed by atoms with Crippen LogP contribution in [0.25, 0.3) is 0 Å². The number of benzene rings is 2. The number of quaternary nitrogens is 1. The molecule has 8 heteroatoms. The molecule has 0 spiro atoms. The first kappa shape index (κ1) is 20.2. The molecule has 1 fully saturated rings. The second-order valence-electron chi connectivity index (χ2n) is 6.44. The van der Waals surface area contributed by atoms with Crippen LogP contribution in [0.2, 0.25) is 0 Å². The summed E-state index contributed by atoms with van der Waals surface area (Å²) in [5, 5.41) is 2.80. The van der Waals surface area contributed by atoms with Crippen LogP contribution in [0.3, 0.4) is 0 Å². The summed E-state index contributed by atoms with van der Waals surface area (Å²) < 4.78 is 11.4. The smallest absolute Gasteiger partial charge is 0.262 e. The van der Waals surface area contributed by atoms with E-state index in [1.165, 1.54) is 24.3 Å². The molecule has 0 unspecified atom stereocenters. The standard InChI is InChI=1S/C19H19Cl3FN3O/c20-19(21,22)18(24-17(27)14-6-8-15(23)9-7-14)26-12-10-25(11-13-26)16-4-2-1-3-5-16/h1-9,18H,10-13H2,(H,24,27)/p+1/t18-/m0/s1. The third kappa shape index (κ3) is 5.26. The number of nitrogens with one attached hydrogen (secondary N) is 2. The molecule has 0 bridgehead atoms. The molecule has 144 valence electrons. The zero-order chi connectivity index (χ0) is 19.4. The van der Waals surface area contributed by atoms with Crippen molar-refractivity contribution < 1.29 is 14.1 Å². The van der Waals surface area contributed by atoms with Gasteiger partial charge in [-0.1, -0.05) is 53.0 Å². The number of anilines is 1. The van der Waals surface area contributed by atoms with Crippen LogP contribution < -0.4 is 15.1 Å². The quantitative estimate of drug-likeness (QED) is 0.730. The van der Waals surface area contributed by atoms with E-state index >= 15 is 0 Å². The highest BCUT2D eigenvalue weighted by Crippen LogP contribution is 2.28. The van der Waals surface area contributed by atoms with Gasteiger partial charge in [0, 0.05) is 11.3 Å². The van der Waals surface area contributed by atoms with Crippen molar-refractivity contribution in [1.29, 1.82) is 0 Å². The molecule has 1 aliphatic rings. The Bertz CT molecular complexity index is 760.